The van der Waals surface area contributed by atoms with Crippen molar-refractivity contribution in [1.29, 1.82) is 0 Å². The standard InChI is InChI=1S/C19H18F3N3O3/c1-12-17(26)23-9-2-10-25(12)18(27)13-3-6-15(7-4-13)28-16-8-5-14(11-24-16)19(20,21)22/h3-8,11-12H,2,9-10H2,1H3,(H,23,26). The maximum atomic E-state index is 12.7. The van der Waals surface area contributed by atoms with Crippen LogP contribution in [0.1, 0.15) is 29.3 Å². The van der Waals surface area contributed by atoms with Crippen LogP contribution in [0.2, 0.25) is 0 Å². The van der Waals surface area contributed by atoms with Gasteiger partial charge in [-0.05, 0) is 43.7 Å². The monoisotopic (exact) mass is 393 g/mol. The van der Waals surface area contributed by atoms with E-state index < -0.39 is 17.8 Å². The first-order chi connectivity index (χ1) is 13.3. The van der Waals surface area contributed by atoms with Crippen molar-refractivity contribution in [3.8, 4) is 11.6 Å². The maximum absolute atomic E-state index is 12.7. The summed E-state index contributed by atoms with van der Waals surface area (Å²) in [5.41, 5.74) is -0.481. The van der Waals surface area contributed by atoms with Crippen LogP contribution in [0.4, 0.5) is 13.2 Å². The summed E-state index contributed by atoms with van der Waals surface area (Å²) in [6, 6.07) is 7.56. The third-order valence-electron chi connectivity index (χ3n) is 4.37. The lowest BCUT2D eigenvalue weighted by atomic mass is 10.1. The van der Waals surface area contributed by atoms with Crippen molar-refractivity contribution in [2.24, 2.45) is 0 Å². The molecule has 2 heterocycles. The molecular formula is C19H18F3N3O3. The lowest BCUT2D eigenvalue weighted by molar-refractivity contribution is -0.137. The Morgan fingerprint density at radius 3 is 2.54 bits per heavy atom. The van der Waals surface area contributed by atoms with Crippen LogP contribution in [-0.2, 0) is 11.0 Å². The minimum absolute atomic E-state index is 0.00453. The largest absolute Gasteiger partial charge is 0.439 e. The number of carbonyl (C=O) groups is 2. The van der Waals surface area contributed by atoms with E-state index in [2.05, 4.69) is 10.3 Å². The van der Waals surface area contributed by atoms with Crippen LogP contribution in [-0.4, -0.2) is 40.8 Å². The van der Waals surface area contributed by atoms with Gasteiger partial charge < -0.3 is 15.0 Å². The fourth-order valence-electron chi connectivity index (χ4n) is 2.78. The third-order valence-corrected chi connectivity index (χ3v) is 4.37. The molecule has 3 rings (SSSR count). The highest BCUT2D eigenvalue weighted by Gasteiger charge is 2.31. The summed E-state index contributed by atoms with van der Waals surface area (Å²) in [6.45, 7) is 2.67. The van der Waals surface area contributed by atoms with Gasteiger partial charge in [-0.3, -0.25) is 9.59 Å². The molecule has 2 amide bonds. The Kier molecular flexibility index (Phi) is 5.53. The van der Waals surface area contributed by atoms with E-state index >= 15 is 0 Å². The van der Waals surface area contributed by atoms with Gasteiger partial charge in [0, 0.05) is 30.9 Å². The van der Waals surface area contributed by atoms with Gasteiger partial charge in [0.1, 0.15) is 11.8 Å². The molecule has 1 aromatic carbocycles. The number of rotatable bonds is 3. The lowest BCUT2D eigenvalue weighted by Gasteiger charge is -2.25. The van der Waals surface area contributed by atoms with Crippen molar-refractivity contribution < 1.29 is 27.5 Å². The van der Waals surface area contributed by atoms with Gasteiger partial charge in [0.15, 0.2) is 0 Å². The molecule has 0 aliphatic carbocycles. The second kappa shape index (κ2) is 7.87. The molecule has 1 fully saturated rings. The quantitative estimate of drug-likeness (QED) is 0.869. The van der Waals surface area contributed by atoms with Crippen molar-refractivity contribution in [3.05, 3.63) is 53.7 Å². The van der Waals surface area contributed by atoms with Gasteiger partial charge in [0.2, 0.25) is 11.8 Å². The third kappa shape index (κ3) is 4.41. The van der Waals surface area contributed by atoms with Crippen LogP contribution in [0, 0.1) is 0 Å². The van der Waals surface area contributed by atoms with Gasteiger partial charge in [0.25, 0.3) is 5.91 Å². The molecule has 28 heavy (non-hydrogen) atoms. The number of alkyl halides is 3. The van der Waals surface area contributed by atoms with Gasteiger partial charge in [0.05, 0.1) is 5.56 Å². The van der Waals surface area contributed by atoms with E-state index in [1.165, 1.54) is 29.2 Å². The number of aromatic nitrogens is 1. The van der Waals surface area contributed by atoms with E-state index in [9.17, 15) is 22.8 Å². The van der Waals surface area contributed by atoms with Crippen molar-refractivity contribution >= 4 is 11.8 Å². The molecule has 0 spiro atoms. The summed E-state index contributed by atoms with van der Waals surface area (Å²) in [5.74, 6) is -0.140. The molecule has 6 nitrogen and oxygen atoms in total. The van der Waals surface area contributed by atoms with Gasteiger partial charge in [-0.15, -0.1) is 0 Å². The molecule has 1 N–H and O–H groups in total. The summed E-state index contributed by atoms with van der Waals surface area (Å²) >= 11 is 0. The summed E-state index contributed by atoms with van der Waals surface area (Å²) in [4.78, 5) is 29.7. The molecule has 0 saturated carbocycles. The number of pyridine rings is 1. The minimum Gasteiger partial charge on any atom is -0.439 e. The molecule has 1 aromatic heterocycles. The zero-order valence-electron chi connectivity index (χ0n) is 15.0. The van der Waals surface area contributed by atoms with Gasteiger partial charge in [-0.25, -0.2) is 4.98 Å². The highest BCUT2D eigenvalue weighted by molar-refractivity contribution is 5.97. The molecule has 0 radical (unpaired) electrons. The van der Waals surface area contributed by atoms with Gasteiger partial charge >= 0.3 is 6.18 Å². The lowest BCUT2D eigenvalue weighted by Crippen LogP contribution is -2.45. The zero-order valence-corrected chi connectivity index (χ0v) is 15.0. The number of nitrogens with zero attached hydrogens (tertiary/aromatic N) is 2. The van der Waals surface area contributed by atoms with E-state index in [1.807, 2.05) is 0 Å². The number of amides is 2. The van der Waals surface area contributed by atoms with Crippen LogP contribution in [0.3, 0.4) is 0 Å². The smallest absolute Gasteiger partial charge is 0.417 e. The van der Waals surface area contributed by atoms with Crippen molar-refractivity contribution in [3.63, 3.8) is 0 Å². The molecule has 9 heteroatoms. The fourth-order valence-corrected chi connectivity index (χ4v) is 2.78. The molecule has 148 valence electrons. The SMILES string of the molecule is CC1C(=O)NCCCN1C(=O)c1ccc(Oc2ccc(C(F)(F)F)cn2)cc1. The minimum atomic E-state index is -4.46. The first kappa shape index (κ1) is 19.7. The second-order valence-electron chi connectivity index (χ2n) is 6.33. The molecule has 0 bridgehead atoms. The number of ether oxygens (including phenoxy) is 1. The highest BCUT2D eigenvalue weighted by Crippen LogP contribution is 2.30. The number of carbonyl (C=O) groups excluding carboxylic acids is 2. The Bertz CT molecular complexity index is 851. The molecule has 1 unspecified atom stereocenters. The van der Waals surface area contributed by atoms with E-state index in [0.29, 0.717) is 37.0 Å². The Balaban J connectivity index is 1.69. The molecule has 1 aliphatic rings. The Labute approximate surface area is 159 Å². The van der Waals surface area contributed by atoms with E-state index in [4.69, 9.17) is 4.74 Å². The number of nitrogens with one attached hydrogen (secondary N) is 1. The summed E-state index contributed by atoms with van der Waals surface area (Å²) in [5, 5.41) is 2.75. The highest BCUT2D eigenvalue weighted by atomic mass is 19.4. The topological polar surface area (TPSA) is 71.5 Å². The van der Waals surface area contributed by atoms with E-state index in [0.717, 1.165) is 12.1 Å². The van der Waals surface area contributed by atoms with Crippen LogP contribution < -0.4 is 10.1 Å². The van der Waals surface area contributed by atoms with Gasteiger partial charge in [-0.2, -0.15) is 13.2 Å². The van der Waals surface area contributed by atoms with Crippen molar-refractivity contribution in [1.82, 2.24) is 15.2 Å². The molecular weight excluding hydrogens is 375 g/mol. The molecule has 2 aromatic rings. The number of halogens is 3. The van der Waals surface area contributed by atoms with Gasteiger partial charge in [-0.1, -0.05) is 0 Å². The van der Waals surface area contributed by atoms with E-state index in [1.54, 1.807) is 6.92 Å². The summed E-state index contributed by atoms with van der Waals surface area (Å²) in [6.07, 6.45) is -3.10. The number of hydrogen-bond acceptors (Lipinski definition) is 4. The molecule has 1 saturated heterocycles. The van der Waals surface area contributed by atoms with Crippen molar-refractivity contribution in [2.45, 2.75) is 25.6 Å². The summed E-state index contributed by atoms with van der Waals surface area (Å²) < 4.78 is 43.1. The average molecular weight is 393 g/mol. The fraction of sp³-hybridized carbons (Fsp3) is 0.316. The number of hydrogen-bond donors (Lipinski definition) is 1. The Hall–Kier alpha value is -3.10. The van der Waals surface area contributed by atoms with Crippen molar-refractivity contribution in [2.75, 3.05) is 13.1 Å². The van der Waals surface area contributed by atoms with Crippen LogP contribution in [0.25, 0.3) is 0 Å². The van der Waals surface area contributed by atoms with Crippen LogP contribution >= 0.6 is 0 Å². The molecule has 1 aliphatic heterocycles. The Morgan fingerprint density at radius 1 is 1.21 bits per heavy atom. The second-order valence-corrected chi connectivity index (χ2v) is 6.33. The van der Waals surface area contributed by atoms with Crippen LogP contribution in [0.15, 0.2) is 42.6 Å². The maximum Gasteiger partial charge on any atom is 0.417 e. The number of benzene rings is 1. The molecule has 1 atom stereocenters. The predicted octanol–water partition coefficient (Wildman–Crippen LogP) is 3.24. The summed E-state index contributed by atoms with van der Waals surface area (Å²) in [7, 11) is 0. The zero-order chi connectivity index (χ0) is 20.3. The normalized spacial score (nSPS) is 17.6. The predicted molar refractivity (Wildman–Crippen MR) is 93.9 cm³/mol. The first-order valence-corrected chi connectivity index (χ1v) is 8.65. The Morgan fingerprint density at radius 2 is 1.93 bits per heavy atom. The van der Waals surface area contributed by atoms with Crippen LogP contribution in [0.5, 0.6) is 11.6 Å². The average Bonchev–Trinajstić information content (AvgIpc) is 2.83. The first-order valence-electron chi connectivity index (χ1n) is 8.65. The van der Waals surface area contributed by atoms with E-state index in [-0.39, 0.29) is 17.7 Å².